The van der Waals surface area contributed by atoms with Crippen LogP contribution < -0.4 is 4.90 Å². The number of nitrogens with zero attached hydrogens (tertiary/aromatic N) is 1. The topological polar surface area (TPSA) is 29.5 Å². The van der Waals surface area contributed by atoms with Crippen molar-refractivity contribution in [2.75, 3.05) is 24.5 Å². The summed E-state index contributed by atoms with van der Waals surface area (Å²) in [6.07, 6.45) is 0.877. The molecule has 18 heavy (non-hydrogen) atoms. The lowest BCUT2D eigenvalue weighted by atomic mass is 10.1. The van der Waals surface area contributed by atoms with Crippen LogP contribution >= 0.6 is 11.6 Å². The fourth-order valence-electron chi connectivity index (χ4n) is 2.04. The summed E-state index contributed by atoms with van der Waals surface area (Å²) in [5.74, 6) is -0.117. The quantitative estimate of drug-likeness (QED) is 0.743. The third-order valence-electron chi connectivity index (χ3n) is 2.86. The molecule has 0 N–H and O–H groups in total. The molecule has 100 valence electrons. The highest BCUT2D eigenvalue weighted by molar-refractivity contribution is 6.29. The van der Waals surface area contributed by atoms with Crippen LogP contribution in [-0.2, 0) is 16.0 Å². The standard InChI is InChI=1S/C14H20ClNO2/c1-4-12-7-5-6-8-13(12)16(14(17)9-15)11(2)10-18-3/h5-8,11H,4,9-10H2,1-3H3. The minimum atomic E-state index is -0.0953. The number of methoxy groups -OCH3 is 1. The largest absolute Gasteiger partial charge is 0.383 e. The Kier molecular flexibility index (Phi) is 6.16. The number of hydrogen-bond acceptors (Lipinski definition) is 2. The molecule has 0 aliphatic heterocycles. The van der Waals surface area contributed by atoms with Gasteiger partial charge in [0.05, 0.1) is 12.6 Å². The lowest BCUT2D eigenvalue weighted by Crippen LogP contribution is -2.42. The molecule has 1 unspecified atom stereocenters. The number of hydrogen-bond donors (Lipinski definition) is 0. The third kappa shape index (κ3) is 3.47. The van der Waals surface area contributed by atoms with Gasteiger partial charge >= 0.3 is 0 Å². The Morgan fingerprint density at radius 1 is 1.44 bits per heavy atom. The van der Waals surface area contributed by atoms with Crippen LogP contribution in [0.2, 0.25) is 0 Å². The first-order valence-electron chi connectivity index (χ1n) is 6.10. The van der Waals surface area contributed by atoms with E-state index in [2.05, 4.69) is 6.92 Å². The van der Waals surface area contributed by atoms with E-state index in [0.29, 0.717) is 6.61 Å². The van der Waals surface area contributed by atoms with Gasteiger partial charge in [-0.1, -0.05) is 25.1 Å². The second-order valence-corrected chi connectivity index (χ2v) is 4.45. The predicted molar refractivity (Wildman–Crippen MR) is 75.4 cm³/mol. The number of alkyl halides is 1. The molecule has 1 aromatic rings. The Bertz CT molecular complexity index is 395. The van der Waals surface area contributed by atoms with E-state index in [4.69, 9.17) is 16.3 Å². The van der Waals surface area contributed by atoms with Gasteiger partial charge in [-0.25, -0.2) is 0 Å². The number of carbonyl (C=O) groups excluding carboxylic acids is 1. The maximum atomic E-state index is 12.0. The molecule has 0 aliphatic carbocycles. The van der Waals surface area contributed by atoms with Crippen LogP contribution in [0.3, 0.4) is 0 Å². The van der Waals surface area contributed by atoms with Crippen LogP contribution in [-0.4, -0.2) is 31.5 Å². The molecule has 0 saturated heterocycles. The minimum absolute atomic E-state index is 0.0217. The predicted octanol–water partition coefficient (Wildman–Crippen LogP) is 2.86. The molecule has 0 heterocycles. The monoisotopic (exact) mass is 269 g/mol. The van der Waals surface area contributed by atoms with Gasteiger partial charge in [0.25, 0.3) is 0 Å². The second-order valence-electron chi connectivity index (χ2n) is 4.18. The molecule has 0 radical (unpaired) electrons. The molecular weight excluding hydrogens is 250 g/mol. The van der Waals surface area contributed by atoms with Gasteiger partial charge in [0.2, 0.25) is 5.91 Å². The first kappa shape index (κ1) is 15.0. The Morgan fingerprint density at radius 3 is 2.67 bits per heavy atom. The van der Waals surface area contributed by atoms with Crippen LogP contribution in [0.5, 0.6) is 0 Å². The molecule has 1 aromatic carbocycles. The van der Waals surface area contributed by atoms with Crippen molar-refractivity contribution < 1.29 is 9.53 Å². The first-order chi connectivity index (χ1) is 8.65. The van der Waals surface area contributed by atoms with Crippen LogP contribution in [0.1, 0.15) is 19.4 Å². The summed E-state index contributed by atoms with van der Waals surface area (Å²) < 4.78 is 5.14. The van der Waals surface area contributed by atoms with Gasteiger partial charge in [-0.2, -0.15) is 0 Å². The van der Waals surface area contributed by atoms with E-state index >= 15 is 0 Å². The van der Waals surface area contributed by atoms with Crippen molar-refractivity contribution in [2.24, 2.45) is 0 Å². The van der Waals surface area contributed by atoms with Gasteiger partial charge in [-0.15, -0.1) is 11.6 Å². The van der Waals surface area contributed by atoms with Crippen molar-refractivity contribution >= 4 is 23.2 Å². The number of aryl methyl sites for hydroxylation is 1. The average molecular weight is 270 g/mol. The number of amides is 1. The van der Waals surface area contributed by atoms with E-state index < -0.39 is 0 Å². The van der Waals surface area contributed by atoms with E-state index in [1.807, 2.05) is 31.2 Å². The number of rotatable bonds is 6. The molecule has 0 aliphatic rings. The van der Waals surface area contributed by atoms with Gasteiger partial charge in [0, 0.05) is 12.8 Å². The highest BCUT2D eigenvalue weighted by atomic mass is 35.5. The smallest absolute Gasteiger partial charge is 0.242 e. The lowest BCUT2D eigenvalue weighted by Gasteiger charge is -2.30. The van der Waals surface area contributed by atoms with Crippen molar-refractivity contribution in [1.82, 2.24) is 0 Å². The number of para-hydroxylation sites is 1. The van der Waals surface area contributed by atoms with Crippen molar-refractivity contribution in [1.29, 1.82) is 0 Å². The van der Waals surface area contributed by atoms with Crippen LogP contribution in [0.4, 0.5) is 5.69 Å². The molecule has 0 saturated carbocycles. The van der Waals surface area contributed by atoms with Gasteiger partial charge < -0.3 is 9.64 Å². The van der Waals surface area contributed by atoms with E-state index in [1.165, 1.54) is 0 Å². The normalized spacial score (nSPS) is 12.2. The lowest BCUT2D eigenvalue weighted by molar-refractivity contribution is -0.116. The number of benzene rings is 1. The van der Waals surface area contributed by atoms with E-state index in [0.717, 1.165) is 17.7 Å². The SMILES string of the molecule is CCc1ccccc1N(C(=O)CCl)C(C)COC. The first-order valence-corrected chi connectivity index (χ1v) is 6.64. The Balaban J connectivity index is 3.12. The third-order valence-corrected chi connectivity index (χ3v) is 3.09. The van der Waals surface area contributed by atoms with Crippen molar-refractivity contribution in [3.8, 4) is 0 Å². The molecule has 0 fully saturated rings. The van der Waals surface area contributed by atoms with E-state index in [9.17, 15) is 4.79 Å². The van der Waals surface area contributed by atoms with Crippen LogP contribution in [0.15, 0.2) is 24.3 Å². The maximum absolute atomic E-state index is 12.0. The Hall–Kier alpha value is -1.06. The van der Waals surface area contributed by atoms with Crippen LogP contribution in [0.25, 0.3) is 0 Å². The summed E-state index contributed by atoms with van der Waals surface area (Å²) in [4.78, 5) is 13.8. The van der Waals surface area contributed by atoms with Crippen molar-refractivity contribution in [2.45, 2.75) is 26.3 Å². The highest BCUT2D eigenvalue weighted by Crippen LogP contribution is 2.23. The summed E-state index contributed by atoms with van der Waals surface area (Å²) in [7, 11) is 1.63. The molecule has 1 amide bonds. The molecule has 4 heteroatoms. The zero-order chi connectivity index (χ0) is 13.5. The number of ether oxygens (including phenoxy) is 1. The molecule has 0 spiro atoms. The molecule has 0 bridgehead atoms. The van der Waals surface area contributed by atoms with E-state index in [1.54, 1.807) is 12.0 Å². The zero-order valence-electron chi connectivity index (χ0n) is 11.1. The summed E-state index contributed by atoms with van der Waals surface area (Å²) >= 11 is 5.70. The second kappa shape index (κ2) is 7.39. The van der Waals surface area contributed by atoms with Gasteiger partial charge in [-0.05, 0) is 25.0 Å². The number of carbonyl (C=O) groups is 1. The molecular formula is C14H20ClNO2. The Labute approximate surface area is 114 Å². The fourth-order valence-corrected chi connectivity index (χ4v) is 2.17. The summed E-state index contributed by atoms with van der Waals surface area (Å²) in [6, 6.07) is 7.86. The minimum Gasteiger partial charge on any atom is -0.383 e. The molecule has 1 atom stereocenters. The van der Waals surface area contributed by atoms with Crippen molar-refractivity contribution in [3.63, 3.8) is 0 Å². The molecule has 0 aromatic heterocycles. The fraction of sp³-hybridized carbons (Fsp3) is 0.500. The molecule has 1 rings (SSSR count). The molecule has 3 nitrogen and oxygen atoms in total. The zero-order valence-corrected chi connectivity index (χ0v) is 11.9. The van der Waals surface area contributed by atoms with E-state index in [-0.39, 0.29) is 17.8 Å². The Morgan fingerprint density at radius 2 is 2.11 bits per heavy atom. The number of halogens is 1. The average Bonchev–Trinajstić information content (AvgIpc) is 2.39. The summed E-state index contributed by atoms with van der Waals surface area (Å²) in [5, 5.41) is 0. The van der Waals surface area contributed by atoms with Crippen molar-refractivity contribution in [3.05, 3.63) is 29.8 Å². The van der Waals surface area contributed by atoms with Crippen LogP contribution in [0, 0.1) is 0 Å². The van der Waals surface area contributed by atoms with Gasteiger partial charge in [0.15, 0.2) is 0 Å². The van der Waals surface area contributed by atoms with Gasteiger partial charge in [-0.3, -0.25) is 4.79 Å². The van der Waals surface area contributed by atoms with Gasteiger partial charge in [0.1, 0.15) is 5.88 Å². The highest BCUT2D eigenvalue weighted by Gasteiger charge is 2.22. The maximum Gasteiger partial charge on any atom is 0.242 e. The summed E-state index contributed by atoms with van der Waals surface area (Å²) in [5.41, 5.74) is 2.06. The summed E-state index contributed by atoms with van der Waals surface area (Å²) in [6.45, 7) is 4.52. The number of anilines is 1.